The molecule has 4 aromatic rings. The molecule has 1 aromatic carbocycles. The lowest BCUT2D eigenvalue weighted by atomic mass is 10.2. The van der Waals surface area contributed by atoms with E-state index in [1.165, 1.54) is 23.1 Å². The van der Waals surface area contributed by atoms with Crippen molar-refractivity contribution in [1.29, 1.82) is 0 Å². The highest BCUT2D eigenvalue weighted by atomic mass is 32.2. The number of rotatable bonds is 6. The number of aromatic nitrogens is 6. The Bertz CT molecular complexity index is 1110. The summed E-state index contributed by atoms with van der Waals surface area (Å²) in [7, 11) is 0. The molecule has 3 heterocycles. The molecule has 0 bridgehead atoms. The molecule has 0 radical (unpaired) electrons. The highest BCUT2D eigenvalue weighted by molar-refractivity contribution is 8.00. The van der Waals surface area contributed by atoms with E-state index >= 15 is 0 Å². The van der Waals surface area contributed by atoms with Crippen molar-refractivity contribution in [3.63, 3.8) is 0 Å². The standard InChI is InChI=1S/C19H17N7OS2/c1-12(17(27)21-18-24-22-13(2)29-18)28-19-25-23-16(14-7-6-10-20-11-14)26(19)15-8-4-3-5-9-15/h3-12H,1-2H3,(H,21,24,27)/t12-/m1/s1. The Balaban J connectivity index is 1.63. The van der Waals surface area contributed by atoms with Gasteiger partial charge in [0.1, 0.15) is 5.01 Å². The van der Waals surface area contributed by atoms with Gasteiger partial charge in [0.15, 0.2) is 11.0 Å². The fraction of sp³-hybridized carbons (Fsp3) is 0.158. The normalized spacial score (nSPS) is 11.9. The largest absolute Gasteiger partial charge is 0.300 e. The first-order valence-corrected chi connectivity index (χ1v) is 10.5. The number of nitrogens with one attached hydrogen (secondary N) is 1. The van der Waals surface area contributed by atoms with Crippen LogP contribution in [-0.4, -0.2) is 41.1 Å². The summed E-state index contributed by atoms with van der Waals surface area (Å²) in [6.07, 6.45) is 3.45. The van der Waals surface area contributed by atoms with Gasteiger partial charge in [-0.15, -0.1) is 20.4 Å². The van der Waals surface area contributed by atoms with E-state index in [4.69, 9.17) is 0 Å². The SMILES string of the molecule is Cc1nnc(NC(=O)[C@@H](C)Sc2nnc(-c3cccnc3)n2-c2ccccc2)s1. The third-order valence-electron chi connectivity index (χ3n) is 3.98. The van der Waals surface area contributed by atoms with Gasteiger partial charge in [-0.1, -0.05) is 41.3 Å². The first-order valence-electron chi connectivity index (χ1n) is 8.80. The molecule has 8 nitrogen and oxygen atoms in total. The van der Waals surface area contributed by atoms with Crippen molar-refractivity contribution in [2.24, 2.45) is 0 Å². The number of hydrogen-bond donors (Lipinski definition) is 1. The van der Waals surface area contributed by atoms with Gasteiger partial charge in [0.05, 0.1) is 5.25 Å². The summed E-state index contributed by atoms with van der Waals surface area (Å²) in [6, 6.07) is 13.6. The number of benzene rings is 1. The molecular weight excluding hydrogens is 406 g/mol. The summed E-state index contributed by atoms with van der Waals surface area (Å²) in [5, 5.41) is 20.9. The Labute approximate surface area is 175 Å². The van der Waals surface area contributed by atoms with Gasteiger partial charge in [-0.2, -0.15) is 0 Å². The van der Waals surface area contributed by atoms with Crippen LogP contribution in [-0.2, 0) is 4.79 Å². The van der Waals surface area contributed by atoms with Crippen LogP contribution >= 0.6 is 23.1 Å². The highest BCUT2D eigenvalue weighted by Gasteiger charge is 2.22. The molecule has 29 heavy (non-hydrogen) atoms. The van der Waals surface area contributed by atoms with E-state index in [1.54, 1.807) is 12.4 Å². The van der Waals surface area contributed by atoms with Crippen molar-refractivity contribution >= 4 is 34.1 Å². The molecule has 1 N–H and O–H groups in total. The number of aryl methyl sites for hydroxylation is 1. The highest BCUT2D eigenvalue weighted by Crippen LogP contribution is 2.30. The summed E-state index contributed by atoms with van der Waals surface area (Å²) in [6.45, 7) is 3.66. The minimum absolute atomic E-state index is 0.170. The fourth-order valence-electron chi connectivity index (χ4n) is 2.60. The topological polar surface area (TPSA) is 98.5 Å². The molecule has 0 saturated carbocycles. The van der Waals surface area contributed by atoms with Gasteiger partial charge >= 0.3 is 0 Å². The van der Waals surface area contributed by atoms with Gasteiger partial charge in [0, 0.05) is 23.6 Å². The van der Waals surface area contributed by atoms with Crippen LogP contribution in [0.1, 0.15) is 11.9 Å². The predicted octanol–water partition coefficient (Wildman–Crippen LogP) is 3.61. The van der Waals surface area contributed by atoms with E-state index in [9.17, 15) is 4.79 Å². The number of amides is 1. The molecule has 0 aliphatic carbocycles. The summed E-state index contributed by atoms with van der Waals surface area (Å²) < 4.78 is 1.93. The lowest BCUT2D eigenvalue weighted by Gasteiger charge is -2.13. The smallest absolute Gasteiger partial charge is 0.239 e. The minimum atomic E-state index is -0.410. The molecule has 1 amide bonds. The Morgan fingerprint density at radius 2 is 1.93 bits per heavy atom. The van der Waals surface area contributed by atoms with Crippen LogP contribution in [0.3, 0.4) is 0 Å². The number of thioether (sulfide) groups is 1. The molecule has 4 rings (SSSR count). The molecule has 1 atom stereocenters. The number of carbonyl (C=O) groups excluding carboxylic acids is 1. The average Bonchev–Trinajstić information content (AvgIpc) is 3.35. The number of para-hydroxylation sites is 1. The molecular formula is C19H17N7OS2. The van der Waals surface area contributed by atoms with Gasteiger partial charge in [0.2, 0.25) is 11.0 Å². The van der Waals surface area contributed by atoms with E-state index in [1.807, 2.05) is 60.9 Å². The Hall–Kier alpha value is -3.11. The quantitative estimate of drug-likeness (QED) is 0.473. The molecule has 0 fully saturated rings. The number of pyridine rings is 1. The van der Waals surface area contributed by atoms with Crippen molar-refractivity contribution in [2.45, 2.75) is 24.3 Å². The fourth-order valence-corrected chi connectivity index (χ4v) is 4.07. The molecule has 146 valence electrons. The van der Waals surface area contributed by atoms with Gasteiger partial charge < -0.3 is 0 Å². The zero-order valence-electron chi connectivity index (χ0n) is 15.7. The Kier molecular flexibility index (Phi) is 5.63. The van der Waals surface area contributed by atoms with Crippen LogP contribution in [0.15, 0.2) is 60.0 Å². The second-order valence-electron chi connectivity index (χ2n) is 6.09. The number of nitrogens with zero attached hydrogens (tertiary/aromatic N) is 6. The van der Waals surface area contributed by atoms with Gasteiger partial charge in [-0.3, -0.25) is 19.7 Å². The summed E-state index contributed by atoms with van der Waals surface area (Å²) in [4.78, 5) is 16.8. The third kappa shape index (κ3) is 4.33. The average molecular weight is 424 g/mol. The molecule has 0 spiro atoms. The molecule has 0 aliphatic heterocycles. The molecule has 10 heteroatoms. The van der Waals surface area contributed by atoms with Crippen LogP contribution in [0.25, 0.3) is 17.1 Å². The van der Waals surface area contributed by atoms with Gasteiger partial charge in [0.25, 0.3) is 0 Å². The second kappa shape index (κ2) is 8.50. The van der Waals surface area contributed by atoms with E-state index in [0.717, 1.165) is 16.3 Å². The van der Waals surface area contributed by atoms with Crippen molar-refractivity contribution in [3.8, 4) is 17.1 Å². The summed E-state index contributed by atoms with van der Waals surface area (Å²) in [5.41, 5.74) is 1.75. The van der Waals surface area contributed by atoms with Gasteiger partial charge in [-0.05, 0) is 38.1 Å². The van der Waals surface area contributed by atoms with Gasteiger partial charge in [-0.25, -0.2) is 0 Å². The number of hydrogen-bond acceptors (Lipinski definition) is 8. The monoisotopic (exact) mass is 423 g/mol. The first kappa shape index (κ1) is 19.2. The molecule has 0 aliphatic rings. The first-order chi connectivity index (χ1) is 14.1. The van der Waals surface area contributed by atoms with Crippen molar-refractivity contribution in [3.05, 3.63) is 59.9 Å². The maximum atomic E-state index is 12.6. The number of anilines is 1. The lowest BCUT2D eigenvalue weighted by Crippen LogP contribution is -2.22. The van der Waals surface area contributed by atoms with Crippen molar-refractivity contribution < 1.29 is 4.79 Å². The van der Waals surface area contributed by atoms with E-state index in [0.29, 0.717) is 16.1 Å². The van der Waals surface area contributed by atoms with Crippen LogP contribution in [0.5, 0.6) is 0 Å². The maximum Gasteiger partial charge on any atom is 0.239 e. The minimum Gasteiger partial charge on any atom is -0.300 e. The Morgan fingerprint density at radius 1 is 1.10 bits per heavy atom. The lowest BCUT2D eigenvalue weighted by molar-refractivity contribution is -0.115. The van der Waals surface area contributed by atoms with Crippen LogP contribution in [0, 0.1) is 6.92 Å². The maximum absolute atomic E-state index is 12.6. The predicted molar refractivity (Wildman–Crippen MR) is 113 cm³/mol. The van der Waals surface area contributed by atoms with E-state index in [-0.39, 0.29) is 5.91 Å². The zero-order valence-corrected chi connectivity index (χ0v) is 17.3. The van der Waals surface area contributed by atoms with Crippen LogP contribution in [0.2, 0.25) is 0 Å². The second-order valence-corrected chi connectivity index (χ2v) is 8.58. The summed E-state index contributed by atoms with van der Waals surface area (Å²) in [5.74, 6) is 0.496. The molecule has 3 aromatic heterocycles. The molecule has 0 unspecified atom stereocenters. The summed E-state index contributed by atoms with van der Waals surface area (Å²) >= 11 is 2.67. The Morgan fingerprint density at radius 3 is 2.62 bits per heavy atom. The third-order valence-corrected chi connectivity index (χ3v) is 5.77. The number of carbonyl (C=O) groups is 1. The van der Waals surface area contributed by atoms with Crippen molar-refractivity contribution in [2.75, 3.05) is 5.32 Å². The molecule has 0 saturated heterocycles. The van der Waals surface area contributed by atoms with Crippen LogP contribution in [0.4, 0.5) is 5.13 Å². The van der Waals surface area contributed by atoms with E-state index in [2.05, 4.69) is 30.7 Å². The zero-order chi connectivity index (χ0) is 20.2. The van der Waals surface area contributed by atoms with Crippen molar-refractivity contribution in [1.82, 2.24) is 29.9 Å². The van der Waals surface area contributed by atoms with Crippen LogP contribution < -0.4 is 5.32 Å². The van der Waals surface area contributed by atoms with E-state index < -0.39 is 5.25 Å².